The molecule has 1 amide bonds. The zero-order valence-corrected chi connectivity index (χ0v) is 27.4. The van der Waals surface area contributed by atoms with Crippen molar-refractivity contribution in [1.29, 1.82) is 0 Å². The van der Waals surface area contributed by atoms with Gasteiger partial charge >= 0.3 is 6.36 Å². The van der Waals surface area contributed by atoms with Gasteiger partial charge in [0.2, 0.25) is 5.91 Å². The van der Waals surface area contributed by atoms with Crippen LogP contribution in [0, 0.1) is 6.92 Å². The van der Waals surface area contributed by atoms with Crippen LogP contribution >= 0.6 is 11.8 Å². The molecule has 1 aliphatic rings. The molecule has 0 radical (unpaired) electrons. The van der Waals surface area contributed by atoms with Gasteiger partial charge in [-0.25, -0.2) is 9.67 Å². The van der Waals surface area contributed by atoms with E-state index in [1.165, 1.54) is 46.4 Å². The maximum atomic E-state index is 13.2. The van der Waals surface area contributed by atoms with Gasteiger partial charge in [0.1, 0.15) is 12.1 Å². The van der Waals surface area contributed by atoms with E-state index in [-0.39, 0.29) is 23.6 Å². The minimum Gasteiger partial charge on any atom is -0.406 e. The summed E-state index contributed by atoms with van der Waals surface area (Å²) in [6.07, 6.45) is -1.20. The van der Waals surface area contributed by atoms with Gasteiger partial charge in [-0.1, -0.05) is 68.9 Å². The lowest BCUT2D eigenvalue weighted by atomic mass is 9.94. The number of carbonyl (C=O) groups excluding carboxylic acids is 1. The fourth-order valence-electron chi connectivity index (χ4n) is 5.71. The number of aromatic nitrogens is 3. The Labute approximate surface area is 271 Å². The average molecular weight is 650 g/mol. The van der Waals surface area contributed by atoms with Crippen LogP contribution in [0.1, 0.15) is 75.5 Å². The minimum absolute atomic E-state index is 0.114. The van der Waals surface area contributed by atoms with Crippen LogP contribution in [0.25, 0.3) is 17.1 Å². The van der Waals surface area contributed by atoms with E-state index >= 15 is 0 Å². The van der Waals surface area contributed by atoms with E-state index in [9.17, 15) is 18.0 Å². The van der Waals surface area contributed by atoms with Crippen LogP contribution in [-0.4, -0.2) is 44.0 Å². The van der Waals surface area contributed by atoms with Crippen LogP contribution in [0.4, 0.5) is 18.9 Å². The summed E-state index contributed by atoms with van der Waals surface area (Å²) in [7, 11) is 0. The SMILES string of the molecule is Cc1cccc(N2/C(=N/C(=O)CCC(C)c3ccc(-c4ncn(-c5ccc(OC(F)(F)F)cc5)n4)cc3)SCCC2C)c1C(C)C. The van der Waals surface area contributed by atoms with Gasteiger partial charge in [-0.05, 0) is 85.5 Å². The molecule has 0 saturated carbocycles. The molecule has 242 valence electrons. The third kappa shape index (κ3) is 7.99. The maximum Gasteiger partial charge on any atom is 0.573 e. The molecule has 3 aromatic carbocycles. The third-order valence-electron chi connectivity index (χ3n) is 8.13. The molecule has 46 heavy (non-hydrogen) atoms. The predicted molar refractivity (Wildman–Crippen MR) is 178 cm³/mol. The Kier molecular flexibility index (Phi) is 10.2. The number of thioether (sulfide) groups is 1. The highest BCUT2D eigenvalue weighted by atomic mass is 32.2. The fourth-order valence-corrected chi connectivity index (χ4v) is 6.94. The van der Waals surface area contributed by atoms with E-state index in [1.807, 2.05) is 24.3 Å². The average Bonchev–Trinajstić information content (AvgIpc) is 3.50. The number of hydrogen-bond donors (Lipinski definition) is 0. The van der Waals surface area contributed by atoms with Crippen molar-refractivity contribution >= 4 is 28.5 Å². The van der Waals surface area contributed by atoms with Crippen molar-refractivity contribution in [3.05, 3.63) is 89.7 Å². The number of anilines is 1. The van der Waals surface area contributed by atoms with Crippen LogP contribution in [0.5, 0.6) is 5.75 Å². The van der Waals surface area contributed by atoms with E-state index < -0.39 is 6.36 Å². The molecule has 2 unspecified atom stereocenters. The van der Waals surface area contributed by atoms with Gasteiger partial charge in [0, 0.05) is 29.5 Å². The summed E-state index contributed by atoms with van der Waals surface area (Å²) in [5.74, 6) is 1.50. The van der Waals surface area contributed by atoms with Crippen molar-refractivity contribution in [2.45, 2.75) is 78.1 Å². The molecule has 7 nitrogen and oxygen atoms in total. The number of hydrogen-bond acceptors (Lipinski definition) is 5. The molecule has 0 N–H and O–H groups in total. The molecule has 5 rings (SSSR count). The number of aliphatic imine (C=N–C) groups is 1. The Hall–Kier alpha value is -4.12. The summed E-state index contributed by atoms with van der Waals surface area (Å²) < 4.78 is 42.8. The van der Waals surface area contributed by atoms with E-state index in [0.717, 1.165) is 34.2 Å². The van der Waals surface area contributed by atoms with Crippen LogP contribution in [0.15, 0.2) is 78.0 Å². The summed E-state index contributed by atoms with van der Waals surface area (Å²) in [6, 6.07) is 19.9. The predicted octanol–water partition coefficient (Wildman–Crippen LogP) is 9.06. The highest BCUT2D eigenvalue weighted by Crippen LogP contribution is 2.36. The van der Waals surface area contributed by atoms with Gasteiger partial charge in [0.15, 0.2) is 11.0 Å². The Balaban J connectivity index is 1.22. The van der Waals surface area contributed by atoms with E-state index in [0.29, 0.717) is 30.3 Å². The van der Waals surface area contributed by atoms with Gasteiger partial charge in [-0.15, -0.1) is 18.3 Å². The number of benzene rings is 3. The number of alkyl halides is 3. The second-order valence-electron chi connectivity index (χ2n) is 11.9. The van der Waals surface area contributed by atoms with Gasteiger partial charge in [-0.2, -0.15) is 4.99 Å². The van der Waals surface area contributed by atoms with Gasteiger partial charge in [-0.3, -0.25) is 4.79 Å². The van der Waals surface area contributed by atoms with Crippen molar-refractivity contribution < 1.29 is 22.7 Å². The summed E-state index contributed by atoms with van der Waals surface area (Å²) in [6.45, 7) is 10.8. The number of carbonyl (C=O) groups is 1. The smallest absolute Gasteiger partial charge is 0.406 e. The summed E-state index contributed by atoms with van der Waals surface area (Å²) in [4.78, 5) is 24.4. The molecule has 1 saturated heterocycles. The number of ether oxygens (including phenoxy) is 1. The van der Waals surface area contributed by atoms with Crippen molar-refractivity contribution in [2.24, 2.45) is 4.99 Å². The van der Waals surface area contributed by atoms with Gasteiger partial charge in [0.25, 0.3) is 0 Å². The zero-order chi connectivity index (χ0) is 33.0. The van der Waals surface area contributed by atoms with Crippen LogP contribution < -0.4 is 9.64 Å². The van der Waals surface area contributed by atoms with E-state index in [2.05, 4.69) is 77.5 Å². The van der Waals surface area contributed by atoms with Gasteiger partial charge in [0.05, 0.1) is 5.69 Å². The first-order chi connectivity index (χ1) is 21.9. The topological polar surface area (TPSA) is 72.6 Å². The Morgan fingerprint density at radius 1 is 1.07 bits per heavy atom. The highest BCUT2D eigenvalue weighted by Gasteiger charge is 2.31. The first-order valence-electron chi connectivity index (χ1n) is 15.4. The molecule has 1 aromatic heterocycles. The number of rotatable bonds is 9. The molecule has 0 bridgehead atoms. The lowest BCUT2D eigenvalue weighted by Crippen LogP contribution is -2.42. The molecule has 11 heteroatoms. The molecule has 2 heterocycles. The lowest BCUT2D eigenvalue weighted by molar-refractivity contribution is -0.274. The lowest BCUT2D eigenvalue weighted by Gasteiger charge is -2.37. The number of nitrogens with zero attached hydrogens (tertiary/aromatic N) is 5. The van der Waals surface area contributed by atoms with Crippen molar-refractivity contribution in [3.8, 4) is 22.8 Å². The standard InChI is InChI=1S/C35H38F3N5O2S/c1-22(2)32-24(4)7-6-8-30(32)43-25(5)19-20-46-34(43)40-31(44)18-9-23(3)26-10-12-27(13-11-26)33-39-21-42(41-33)28-14-16-29(17-15-28)45-35(36,37)38/h6-8,10-17,21-23,25H,9,18-20H2,1-5H3/b40-34-. The zero-order valence-electron chi connectivity index (χ0n) is 26.6. The van der Waals surface area contributed by atoms with E-state index in [1.54, 1.807) is 11.8 Å². The Morgan fingerprint density at radius 3 is 2.46 bits per heavy atom. The molecule has 1 aliphatic heterocycles. The first kappa shape index (κ1) is 33.2. The van der Waals surface area contributed by atoms with Crippen molar-refractivity contribution in [1.82, 2.24) is 14.8 Å². The van der Waals surface area contributed by atoms with Crippen LogP contribution in [-0.2, 0) is 4.79 Å². The summed E-state index contributed by atoms with van der Waals surface area (Å²) in [5.41, 5.74) is 6.13. The largest absolute Gasteiger partial charge is 0.573 e. The molecule has 0 spiro atoms. The molecule has 4 aromatic rings. The first-order valence-corrected chi connectivity index (χ1v) is 16.4. The van der Waals surface area contributed by atoms with Gasteiger partial charge < -0.3 is 9.64 Å². The molecular weight excluding hydrogens is 611 g/mol. The second kappa shape index (κ2) is 14.1. The fraction of sp³-hybridized carbons (Fsp3) is 0.371. The maximum absolute atomic E-state index is 13.2. The number of aryl methyl sites for hydroxylation is 1. The number of amidine groups is 1. The van der Waals surface area contributed by atoms with Crippen LogP contribution in [0.3, 0.4) is 0 Å². The third-order valence-corrected chi connectivity index (χ3v) is 9.11. The number of amides is 1. The quantitative estimate of drug-likeness (QED) is 0.180. The minimum atomic E-state index is -4.75. The highest BCUT2D eigenvalue weighted by molar-refractivity contribution is 8.14. The molecule has 1 fully saturated rings. The normalized spacial score (nSPS) is 17.0. The molecule has 0 aliphatic carbocycles. The Bertz CT molecular complexity index is 1680. The van der Waals surface area contributed by atoms with Crippen LogP contribution in [0.2, 0.25) is 0 Å². The summed E-state index contributed by atoms with van der Waals surface area (Å²) >= 11 is 1.65. The monoisotopic (exact) mass is 649 g/mol. The number of halogens is 3. The van der Waals surface area contributed by atoms with Crippen molar-refractivity contribution in [2.75, 3.05) is 10.7 Å². The Morgan fingerprint density at radius 2 is 1.78 bits per heavy atom. The summed E-state index contributed by atoms with van der Waals surface area (Å²) in [5, 5.41) is 5.26. The van der Waals surface area contributed by atoms with Crippen molar-refractivity contribution in [3.63, 3.8) is 0 Å². The second-order valence-corrected chi connectivity index (χ2v) is 13.0. The molecule has 2 atom stereocenters. The molecular formula is C35H38F3N5O2S. The van der Waals surface area contributed by atoms with E-state index in [4.69, 9.17) is 0 Å².